The van der Waals surface area contributed by atoms with E-state index in [1.807, 2.05) is 47.3 Å². The molecule has 0 unspecified atom stereocenters. The molecule has 0 amide bonds. The number of para-hydroxylation sites is 1. The maximum atomic E-state index is 5.64. The van der Waals surface area contributed by atoms with E-state index in [1.165, 1.54) is 0 Å². The Morgan fingerprint density at radius 2 is 2.05 bits per heavy atom. The van der Waals surface area contributed by atoms with Gasteiger partial charge in [-0.3, -0.25) is 4.68 Å². The fraction of sp³-hybridized carbons (Fsp3) is 0.400. The van der Waals surface area contributed by atoms with Crippen molar-refractivity contribution in [1.29, 1.82) is 0 Å². The van der Waals surface area contributed by atoms with Crippen molar-refractivity contribution in [1.82, 2.24) is 15.1 Å². The van der Waals surface area contributed by atoms with E-state index in [1.54, 1.807) is 0 Å². The topological polar surface area (TPSA) is 39.1 Å². The van der Waals surface area contributed by atoms with E-state index < -0.39 is 0 Å². The smallest absolute Gasteiger partial charge is 0.119 e. The first-order valence-electron chi connectivity index (χ1n) is 6.79. The van der Waals surface area contributed by atoms with Crippen molar-refractivity contribution in [2.75, 3.05) is 13.2 Å². The Morgan fingerprint density at radius 3 is 2.84 bits per heavy atom. The lowest BCUT2D eigenvalue weighted by Gasteiger charge is -2.05. The highest BCUT2D eigenvalue weighted by Gasteiger charge is 1.99. The summed E-state index contributed by atoms with van der Waals surface area (Å²) in [6.45, 7) is 5.42. The lowest BCUT2D eigenvalue weighted by molar-refractivity contribution is 0.291. The highest BCUT2D eigenvalue weighted by Crippen LogP contribution is 2.08. The number of benzene rings is 1. The number of ether oxygens (including phenoxy) is 1. The largest absolute Gasteiger partial charge is 0.492 e. The van der Waals surface area contributed by atoms with Crippen molar-refractivity contribution in [2.45, 2.75) is 26.4 Å². The first-order chi connectivity index (χ1) is 9.38. The van der Waals surface area contributed by atoms with Gasteiger partial charge < -0.3 is 10.1 Å². The third kappa shape index (κ3) is 4.75. The standard InChI is InChI=1S/C15H21N3O/c1-2-9-16-13-14-8-10-18(17-14)11-12-19-15-6-4-3-5-7-15/h3-8,10,16H,2,9,11-13H2,1H3. The highest BCUT2D eigenvalue weighted by molar-refractivity contribution is 5.20. The minimum absolute atomic E-state index is 0.632. The summed E-state index contributed by atoms with van der Waals surface area (Å²) in [5.41, 5.74) is 1.08. The van der Waals surface area contributed by atoms with Gasteiger partial charge in [-0.1, -0.05) is 25.1 Å². The van der Waals surface area contributed by atoms with Crippen LogP contribution in [0.2, 0.25) is 0 Å². The predicted molar refractivity (Wildman–Crippen MR) is 76.2 cm³/mol. The van der Waals surface area contributed by atoms with Gasteiger partial charge in [0, 0.05) is 12.7 Å². The van der Waals surface area contributed by atoms with Gasteiger partial charge in [0.15, 0.2) is 0 Å². The SMILES string of the molecule is CCCNCc1ccn(CCOc2ccccc2)n1. The second-order valence-electron chi connectivity index (χ2n) is 4.41. The summed E-state index contributed by atoms with van der Waals surface area (Å²) in [5, 5.41) is 7.83. The summed E-state index contributed by atoms with van der Waals surface area (Å²) in [7, 11) is 0. The van der Waals surface area contributed by atoms with Crippen LogP contribution in [0.4, 0.5) is 0 Å². The van der Waals surface area contributed by atoms with E-state index in [9.17, 15) is 0 Å². The van der Waals surface area contributed by atoms with Crippen LogP contribution in [0.3, 0.4) is 0 Å². The first-order valence-corrected chi connectivity index (χ1v) is 6.79. The molecular weight excluding hydrogens is 238 g/mol. The Hall–Kier alpha value is -1.81. The van der Waals surface area contributed by atoms with Crippen LogP contribution in [0.15, 0.2) is 42.6 Å². The lowest BCUT2D eigenvalue weighted by Crippen LogP contribution is -2.15. The van der Waals surface area contributed by atoms with Crippen LogP contribution in [0.5, 0.6) is 5.75 Å². The van der Waals surface area contributed by atoms with Crippen molar-refractivity contribution in [3.05, 3.63) is 48.3 Å². The van der Waals surface area contributed by atoms with E-state index in [-0.39, 0.29) is 0 Å². The van der Waals surface area contributed by atoms with Crippen LogP contribution in [-0.4, -0.2) is 22.9 Å². The van der Waals surface area contributed by atoms with E-state index >= 15 is 0 Å². The van der Waals surface area contributed by atoms with Gasteiger partial charge in [-0.05, 0) is 31.2 Å². The first kappa shape index (κ1) is 13.6. The molecule has 1 aromatic heterocycles. The molecule has 4 nitrogen and oxygen atoms in total. The molecule has 2 aromatic rings. The molecule has 102 valence electrons. The third-order valence-corrected chi connectivity index (χ3v) is 2.76. The lowest BCUT2D eigenvalue weighted by atomic mass is 10.3. The average Bonchev–Trinajstić information content (AvgIpc) is 2.88. The summed E-state index contributed by atoms with van der Waals surface area (Å²) in [4.78, 5) is 0. The molecule has 1 aromatic carbocycles. The molecule has 0 fully saturated rings. The maximum Gasteiger partial charge on any atom is 0.119 e. The average molecular weight is 259 g/mol. The zero-order valence-corrected chi connectivity index (χ0v) is 11.4. The Labute approximate surface area is 114 Å². The summed E-state index contributed by atoms with van der Waals surface area (Å²) in [6, 6.07) is 11.9. The Morgan fingerprint density at radius 1 is 1.21 bits per heavy atom. The van der Waals surface area contributed by atoms with Crippen LogP contribution in [-0.2, 0) is 13.1 Å². The fourth-order valence-electron chi connectivity index (χ4n) is 1.79. The molecule has 0 saturated carbocycles. The zero-order chi connectivity index (χ0) is 13.3. The second kappa shape index (κ2) is 7.59. The number of hydrogen-bond donors (Lipinski definition) is 1. The van der Waals surface area contributed by atoms with E-state index in [2.05, 4.69) is 17.3 Å². The Bertz CT molecular complexity index is 467. The van der Waals surface area contributed by atoms with Gasteiger partial charge in [-0.2, -0.15) is 5.10 Å². The number of nitrogens with one attached hydrogen (secondary N) is 1. The van der Waals surface area contributed by atoms with Crippen LogP contribution >= 0.6 is 0 Å². The molecule has 0 aliphatic rings. The van der Waals surface area contributed by atoms with Crippen LogP contribution in [0.25, 0.3) is 0 Å². The number of hydrogen-bond acceptors (Lipinski definition) is 3. The third-order valence-electron chi connectivity index (χ3n) is 2.76. The summed E-state index contributed by atoms with van der Waals surface area (Å²) >= 11 is 0. The van der Waals surface area contributed by atoms with Gasteiger partial charge in [0.1, 0.15) is 12.4 Å². The van der Waals surface area contributed by atoms with Gasteiger partial charge >= 0.3 is 0 Å². The van der Waals surface area contributed by atoms with Crippen molar-refractivity contribution >= 4 is 0 Å². The normalized spacial score (nSPS) is 10.6. The molecule has 0 aliphatic carbocycles. The maximum absolute atomic E-state index is 5.64. The molecule has 19 heavy (non-hydrogen) atoms. The molecule has 0 aliphatic heterocycles. The van der Waals surface area contributed by atoms with Crippen molar-refractivity contribution in [3.63, 3.8) is 0 Å². The molecule has 4 heteroatoms. The van der Waals surface area contributed by atoms with Crippen LogP contribution in [0, 0.1) is 0 Å². The van der Waals surface area contributed by atoms with Gasteiger partial charge in [-0.25, -0.2) is 0 Å². The van der Waals surface area contributed by atoms with Gasteiger partial charge in [0.05, 0.1) is 12.2 Å². The quantitative estimate of drug-likeness (QED) is 0.740. The molecule has 0 spiro atoms. The summed E-state index contributed by atoms with van der Waals surface area (Å²) < 4.78 is 7.56. The van der Waals surface area contributed by atoms with E-state index in [4.69, 9.17) is 4.74 Å². The van der Waals surface area contributed by atoms with Crippen LogP contribution in [0.1, 0.15) is 19.0 Å². The molecule has 0 saturated heterocycles. The second-order valence-corrected chi connectivity index (χ2v) is 4.41. The van der Waals surface area contributed by atoms with Gasteiger partial charge in [-0.15, -0.1) is 0 Å². The Balaban J connectivity index is 1.71. The number of rotatable bonds is 8. The van der Waals surface area contributed by atoms with E-state index in [0.717, 1.165) is 37.5 Å². The number of aromatic nitrogens is 2. The molecule has 2 rings (SSSR count). The van der Waals surface area contributed by atoms with Gasteiger partial charge in [0.2, 0.25) is 0 Å². The summed E-state index contributed by atoms with van der Waals surface area (Å²) in [5.74, 6) is 0.902. The zero-order valence-electron chi connectivity index (χ0n) is 11.4. The molecule has 0 radical (unpaired) electrons. The van der Waals surface area contributed by atoms with E-state index in [0.29, 0.717) is 6.61 Å². The molecule has 1 N–H and O–H groups in total. The monoisotopic (exact) mass is 259 g/mol. The molecule has 0 bridgehead atoms. The molecule has 0 atom stereocenters. The van der Waals surface area contributed by atoms with Crippen molar-refractivity contribution < 1.29 is 4.74 Å². The summed E-state index contributed by atoms with van der Waals surface area (Å²) in [6.07, 6.45) is 3.14. The highest BCUT2D eigenvalue weighted by atomic mass is 16.5. The molecular formula is C15H21N3O. The fourth-order valence-corrected chi connectivity index (χ4v) is 1.79. The minimum atomic E-state index is 0.632. The minimum Gasteiger partial charge on any atom is -0.492 e. The van der Waals surface area contributed by atoms with Crippen LogP contribution < -0.4 is 10.1 Å². The number of nitrogens with zero attached hydrogens (tertiary/aromatic N) is 2. The van der Waals surface area contributed by atoms with Crippen molar-refractivity contribution in [2.24, 2.45) is 0 Å². The van der Waals surface area contributed by atoms with Gasteiger partial charge in [0.25, 0.3) is 0 Å². The van der Waals surface area contributed by atoms with Crippen molar-refractivity contribution in [3.8, 4) is 5.75 Å². The predicted octanol–water partition coefficient (Wildman–Crippen LogP) is 2.46. The Kier molecular flexibility index (Phi) is 5.44. The molecule has 1 heterocycles.